The van der Waals surface area contributed by atoms with Gasteiger partial charge < -0.3 is 5.73 Å². The van der Waals surface area contributed by atoms with E-state index >= 15 is 0 Å². The summed E-state index contributed by atoms with van der Waals surface area (Å²) in [4.78, 5) is 12.1. The molecule has 15 heavy (non-hydrogen) atoms. The highest BCUT2D eigenvalue weighted by atomic mass is 16.1. The van der Waals surface area contributed by atoms with Crippen LogP contribution in [0.3, 0.4) is 0 Å². The second-order valence-electron chi connectivity index (χ2n) is 4.72. The first-order valence-electron chi connectivity index (χ1n) is 5.43. The van der Waals surface area contributed by atoms with Gasteiger partial charge in [0.25, 0.3) is 0 Å². The van der Waals surface area contributed by atoms with E-state index in [2.05, 4.69) is 6.07 Å². The van der Waals surface area contributed by atoms with Crippen LogP contribution in [-0.2, 0) is 0 Å². The van der Waals surface area contributed by atoms with E-state index in [1.54, 1.807) is 0 Å². The van der Waals surface area contributed by atoms with Gasteiger partial charge in [0.05, 0.1) is 5.54 Å². The van der Waals surface area contributed by atoms with Gasteiger partial charge in [0.15, 0.2) is 5.78 Å². The van der Waals surface area contributed by atoms with E-state index in [0.29, 0.717) is 0 Å². The highest BCUT2D eigenvalue weighted by Gasteiger charge is 2.40. The zero-order valence-corrected chi connectivity index (χ0v) is 9.34. The Hall–Kier alpha value is -1.15. The first kappa shape index (κ1) is 10.4. The lowest BCUT2D eigenvalue weighted by Gasteiger charge is -2.36. The van der Waals surface area contributed by atoms with Gasteiger partial charge in [-0.2, -0.15) is 0 Å². The molecule has 2 nitrogen and oxygen atoms in total. The lowest BCUT2D eigenvalue weighted by atomic mass is 9.72. The van der Waals surface area contributed by atoms with Gasteiger partial charge >= 0.3 is 0 Å². The molecule has 2 N–H and O–H groups in total. The molecule has 2 heteroatoms. The topological polar surface area (TPSA) is 43.1 Å². The van der Waals surface area contributed by atoms with Gasteiger partial charge in [-0.05, 0) is 45.2 Å². The number of benzene rings is 1. The van der Waals surface area contributed by atoms with Crippen LogP contribution in [0.2, 0.25) is 0 Å². The molecule has 1 aliphatic carbocycles. The standard InChI is InChI=1S/C13H17NO/c1-9-6-10(2)8-11(7-9)12(15)13(14)4-3-5-13/h6-8H,3-5,14H2,1-2H3. The summed E-state index contributed by atoms with van der Waals surface area (Å²) >= 11 is 0. The van der Waals surface area contributed by atoms with Gasteiger partial charge in [0, 0.05) is 5.56 Å². The second-order valence-corrected chi connectivity index (χ2v) is 4.72. The van der Waals surface area contributed by atoms with Gasteiger partial charge in [-0.3, -0.25) is 4.79 Å². The Kier molecular flexibility index (Phi) is 2.39. The molecule has 1 fully saturated rings. The normalized spacial score (nSPS) is 18.3. The number of nitrogens with two attached hydrogens (primary N) is 1. The molecule has 0 unspecified atom stereocenters. The van der Waals surface area contributed by atoms with Crippen molar-refractivity contribution >= 4 is 5.78 Å². The summed E-state index contributed by atoms with van der Waals surface area (Å²) in [5, 5.41) is 0. The Morgan fingerprint density at radius 1 is 1.20 bits per heavy atom. The Bertz CT molecular complexity index is 385. The molecule has 1 aromatic carbocycles. The quantitative estimate of drug-likeness (QED) is 0.750. The summed E-state index contributed by atoms with van der Waals surface area (Å²) in [6.45, 7) is 4.02. The van der Waals surface area contributed by atoms with E-state index in [1.807, 2.05) is 26.0 Å². The van der Waals surface area contributed by atoms with Gasteiger partial charge in [-0.1, -0.05) is 17.2 Å². The van der Waals surface area contributed by atoms with Gasteiger partial charge in [0.2, 0.25) is 0 Å². The molecule has 0 aliphatic heterocycles. The van der Waals surface area contributed by atoms with Crippen molar-refractivity contribution in [1.82, 2.24) is 0 Å². The van der Waals surface area contributed by atoms with E-state index < -0.39 is 5.54 Å². The van der Waals surface area contributed by atoms with Crippen molar-refractivity contribution in [2.24, 2.45) is 5.73 Å². The Balaban J connectivity index is 2.33. The van der Waals surface area contributed by atoms with E-state index in [9.17, 15) is 4.79 Å². The van der Waals surface area contributed by atoms with Crippen molar-refractivity contribution in [3.8, 4) is 0 Å². The average molecular weight is 203 g/mol. The molecular weight excluding hydrogens is 186 g/mol. The lowest BCUT2D eigenvalue weighted by molar-refractivity contribution is 0.0800. The van der Waals surface area contributed by atoms with Crippen molar-refractivity contribution in [1.29, 1.82) is 0 Å². The zero-order valence-electron chi connectivity index (χ0n) is 9.34. The molecule has 0 bridgehead atoms. The zero-order chi connectivity index (χ0) is 11.1. The lowest BCUT2D eigenvalue weighted by Crippen LogP contribution is -2.53. The number of carbonyl (C=O) groups is 1. The molecule has 0 amide bonds. The molecule has 0 heterocycles. The fourth-order valence-corrected chi connectivity index (χ4v) is 2.18. The van der Waals surface area contributed by atoms with Crippen molar-refractivity contribution in [2.75, 3.05) is 0 Å². The van der Waals surface area contributed by atoms with Crippen LogP contribution in [0.1, 0.15) is 40.7 Å². The molecule has 0 atom stereocenters. The van der Waals surface area contributed by atoms with Crippen molar-refractivity contribution in [3.05, 3.63) is 34.9 Å². The molecule has 0 radical (unpaired) electrons. The molecule has 1 saturated carbocycles. The van der Waals surface area contributed by atoms with E-state index in [0.717, 1.165) is 36.0 Å². The minimum Gasteiger partial charge on any atom is -0.319 e. The first-order chi connectivity index (χ1) is 7.01. The van der Waals surface area contributed by atoms with Crippen LogP contribution in [0.4, 0.5) is 0 Å². The minimum atomic E-state index is -0.569. The monoisotopic (exact) mass is 203 g/mol. The highest BCUT2D eigenvalue weighted by Crippen LogP contribution is 2.32. The Morgan fingerprint density at radius 3 is 2.13 bits per heavy atom. The molecular formula is C13H17NO. The number of aryl methyl sites for hydroxylation is 2. The molecule has 0 spiro atoms. The van der Waals surface area contributed by atoms with Crippen LogP contribution in [0.25, 0.3) is 0 Å². The number of Topliss-reactive ketones (excluding diaryl/α,β-unsaturated/α-hetero) is 1. The largest absolute Gasteiger partial charge is 0.319 e. The van der Waals surface area contributed by atoms with Crippen LogP contribution in [-0.4, -0.2) is 11.3 Å². The van der Waals surface area contributed by atoms with E-state index in [1.165, 1.54) is 0 Å². The van der Waals surface area contributed by atoms with Gasteiger partial charge in [-0.15, -0.1) is 0 Å². The Labute approximate surface area is 90.5 Å². The maximum atomic E-state index is 12.1. The van der Waals surface area contributed by atoms with Crippen LogP contribution in [0.15, 0.2) is 18.2 Å². The van der Waals surface area contributed by atoms with Gasteiger partial charge in [-0.25, -0.2) is 0 Å². The number of hydrogen-bond acceptors (Lipinski definition) is 2. The van der Waals surface area contributed by atoms with Gasteiger partial charge in [0.1, 0.15) is 0 Å². The number of rotatable bonds is 2. The molecule has 80 valence electrons. The minimum absolute atomic E-state index is 0.112. The number of ketones is 1. The molecule has 1 aliphatic rings. The summed E-state index contributed by atoms with van der Waals surface area (Å²) in [5.41, 5.74) is 8.48. The maximum Gasteiger partial charge on any atom is 0.182 e. The fraction of sp³-hybridized carbons (Fsp3) is 0.462. The van der Waals surface area contributed by atoms with Crippen LogP contribution >= 0.6 is 0 Å². The van der Waals surface area contributed by atoms with Crippen molar-refractivity contribution in [3.63, 3.8) is 0 Å². The second kappa shape index (κ2) is 3.46. The third kappa shape index (κ3) is 1.82. The first-order valence-corrected chi connectivity index (χ1v) is 5.43. The summed E-state index contributed by atoms with van der Waals surface area (Å²) in [6.07, 6.45) is 2.74. The van der Waals surface area contributed by atoms with Crippen LogP contribution in [0, 0.1) is 13.8 Å². The van der Waals surface area contributed by atoms with E-state index in [4.69, 9.17) is 5.73 Å². The molecule has 0 aromatic heterocycles. The summed E-state index contributed by atoms with van der Waals surface area (Å²) in [6, 6.07) is 5.94. The summed E-state index contributed by atoms with van der Waals surface area (Å²) in [5.74, 6) is 0.112. The average Bonchev–Trinajstić information content (AvgIpc) is 2.11. The number of carbonyl (C=O) groups excluding carboxylic acids is 1. The highest BCUT2D eigenvalue weighted by molar-refractivity contribution is 6.04. The molecule has 0 saturated heterocycles. The molecule has 2 rings (SSSR count). The smallest absolute Gasteiger partial charge is 0.182 e. The fourth-order valence-electron chi connectivity index (χ4n) is 2.18. The summed E-state index contributed by atoms with van der Waals surface area (Å²) in [7, 11) is 0. The van der Waals surface area contributed by atoms with Crippen LogP contribution < -0.4 is 5.73 Å². The maximum absolute atomic E-state index is 12.1. The van der Waals surface area contributed by atoms with Crippen LogP contribution in [0.5, 0.6) is 0 Å². The van der Waals surface area contributed by atoms with E-state index in [-0.39, 0.29) is 5.78 Å². The summed E-state index contributed by atoms with van der Waals surface area (Å²) < 4.78 is 0. The Morgan fingerprint density at radius 2 is 1.73 bits per heavy atom. The predicted octanol–water partition coefficient (Wildman–Crippen LogP) is 2.37. The van der Waals surface area contributed by atoms with Crippen molar-refractivity contribution < 1.29 is 4.79 Å². The molecule has 1 aromatic rings. The SMILES string of the molecule is Cc1cc(C)cc(C(=O)C2(N)CCC2)c1. The third-order valence-corrected chi connectivity index (χ3v) is 3.18. The third-order valence-electron chi connectivity index (χ3n) is 3.18. The number of hydrogen-bond donors (Lipinski definition) is 1. The predicted molar refractivity (Wildman–Crippen MR) is 61.0 cm³/mol. The van der Waals surface area contributed by atoms with Crippen molar-refractivity contribution in [2.45, 2.75) is 38.6 Å².